The first-order valence-corrected chi connectivity index (χ1v) is 10.5. The van der Waals surface area contributed by atoms with Gasteiger partial charge in [0.05, 0.1) is 6.54 Å². The summed E-state index contributed by atoms with van der Waals surface area (Å²) in [6.07, 6.45) is 0.123. The topological polar surface area (TPSA) is 122 Å². The Labute approximate surface area is 162 Å². The molecule has 0 aliphatic rings. The first kappa shape index (κ1) is 20.9. The lowest BCUT2D eigenvalue weighted by atomic mass is 10.2. The van der Waals surface area contributed by atoms with Crippen LogP contribution in [0, 0.1) is 0 Å². The van der Waals surface area contributed by atoms with Gasteiger partial charge < -0.3 is 15.5 Å². The Morgan fingerprint density at radius 1 is 1.11 bits per heavy atom. The van der Waals surface area contributed by atoms with Gasteiger partial charge in [0.25, 0.3) is 0 Å². The third-order valence-electron chi connectivity index (χ3n) is 3.61. The van der Waals surface area contributed by atoms with Crippen LogP contribution < -0.4 is 15.8 Å². The number of primary sulfonamides is 1. The SMILES string of the molecule is CN(Cc1ccccc1)C(=O)NCCC(=O)NCc1ccc(S(N)(=O)=O)s1. The third-order valence-corrected chi connectivity index (χ3v) is 6.14. The minimum absolute atomic E-state index is 0.0560. The second kappa shape index (κ2) is 9.49. The van der Waals surface area contributed by atoms with Crippen molar-refractivity contribution in [3.8, 4) is 0 Å². The van der Waals surface area contributed by atoms with Gasteiger partial charge >= 0.3 is 6.03 Å². The minimum atomic E-state index is -3.72. The largest absolute Gasteiger partial charge is 0.351 e. The molecule has 0 aliphatic carbocycles. The molecule has 0 unspecified atom stereocenters. The molecule has 1 aromatic carbocycles. The summed E-state index contributed by atoms with van der Waals surface area (Å²) in [6, 6.07) is 12.3. The van der Waals surface area contributed by atoms with Crippen molar-refractivity contribution in [2.75, 3.05) is 13.6 Å². The number of hydrogen-bond acceptors (Lipinski definition) is 5. The van der Waals surface area contributed by atoms with Crippen LogP contribution in [-0.4, -0.2) is 38.8 Å². The van der Waals surface area contributed by atoms with Crippen molar-refractivity contribution in [3.05, 3.63) is 52.9 Å². The van der Waals surface area contributed by atoms with E-state index in [0.29, 0.717) is 11.4 Å². The van der Waals surface area contributed by atoms with Gasteiger partial charge in [-0.25, -0.2) is 18.4 Å². The summed E-state index contributed by atoms with van der Waals surface area (Å²) in [7, 11) is -2.04. The number of carbonyl (C=O) groups excluding carboxylic acids is 2. The number of rotatable bonds is 8. The second-order valence-electron chi connectivity index (χ2n) is 5.87. The first-order chi connectivity index (χ1) is 12.8. The Morgan fingerprint density at radius 2 is 1.81 bits per heavy atom. The van der Waals surface area contributed by atoms with E-state index in [2.05, 4.69) is 10.6 Å². The third kappa shape index (κ3) is 7.00. The molecule has 1 heterocycles. The van der Waals surface area contributed by atoms with Gasteiger partial charge in [-0.1, -0.05) is 30.3 Å². The molecule has 0 radical (unpaired) electrons. The van der Waals surface area contributed by atoms with E-state index >= 15 is 0 Å². The summed E-state index contributed by atoms with van der Waals surface area (Å²) < 4.78 is 22.5. The van der Waals surface area contributed by atoms with Crippen LogP contribution in [0.3, 0.4) is 0 Å². The Hall–Kier alpha value is -2.43. The van der Waals surface area contributed by atoms with Gasteiger partial charge in [-0.15, -0.1) is 11.3 Å². The minimum Gasteiger partial charge on any atom is -0.351 e. The molecule has 2 aromatic rings. The average molecular weight is 411 g/mol. The lowest BCUT2D eigenvalue weighted by Gasteiger charge is -2.18. The number of urea groups is 1. The van der Waals surface area contributed by atoms with Crippen molar-refractivity contribution in [1.29, 1.82) is 0 Å². The smallest absolute Gasteiger partial charge is 0.317 e. The maximum Gasteiger partial charge on any atom is 0.317 e. The standard InChI is InChI=1S/C17H22N4O4S2/c1-21(12-13-5-3-2-4-6-13)17(23)19-10-9-15(22)20-11-14-7-8-16(26-14)27(18,24)25/h2-8H,9-12H2,1H3,(H,19,23)(H,20,22)(H2,18,24,25). The van der Waals surface area contributed by atoms with Gasteiger partial charge in [-0.2, -0.15) is 0 Å². The average Bonchev–Trinajstić information content (AvgIpc) is 3.10. The summed E-state index contributed by atoms with van der Waals surface area (Å²) in [5.41, 5.74) is 1.02. The summed E-state index contributed by atoms with van der Waals surface area (Å²) in [5.74, 6) is -0.244. The van der Waals surface area contributed by atoms with Crippen LogP contribution in [0.2, 0.25) is 0 Å². The molecule has 146 valence electrons. The molecule has 0 fully saturated rings. The summed E-state index contributed by atoms with van der Waals surface area (Å²) in [5, 5.41) is 10.4. The molecule has 0 spiro atoms. The zero-order chi connectivity index (χ0) is 19.9. The maximum absolute atomic E-state index is 12.0. The number of amides is 3. The Bertz CT molecular complexity index is 881. The van der Waals surface area contributed by atoms with Gasteiger partial charge in [-0.05, 0) is 17.7 Å². The van der Waals surface area contributed by atoms with E-state index in [1.54, 1.807) is 13.1 Å². The van der Waals surface area contributed by atoms with Gasteiger partial charge in [0.1, 0.15) is 4.21 Å². The van der Waals surface area contributed by atoms with Crippen molar-refractivity contribution < 1.29 is 18.0 Å². The van der Waals surface area contributed by atoms with Crippen LogP contribution in [-0.2, 0) is 27.9 Å². The zero-order valence-corrected chi connectivity index (χ0v) is 16.5. The molecular weight excluding hydrogens is 388 g/mol. The molecule has 8 nitrogen and oxygen atoms in total. The highest BCUT2D eigenvalue weighted by atomic mass is 32.2. The van der Waals surface area contributed by atoms with Crippen molar-refractivity contribution >= 4 is 33.3 Å². The molecule has 10 heteroatoms. The van der Waals surface area contributed by atoms with Crippen LogP contribution >= 0.6 is 11.3 Å². The van der Waals surface area contributed by atoms with Crippen molar-refractivity contribution in [3.63, 3.8) is 0 Å². The number of benzene rings is 1. The van der Waals surface area contributed by atoms with Crippen molar-refractivity contribution in [2.45, 2.75) is 23.7 Å². The number of nitrogens with one attached hydrogen (secondary N) is 2. The number of sulfonamides is 1. The number of nitrogens with zero attached hydrogens (tertiary/aromatic N) is 1. The Morgan fingerprint density at radius 3 is 2.44 bits per heavy atom. The quantitative estimate of drug-likeness (QED) is 0.606. The molecule has 3 amide bonds. The van der Waals surface area contributed by atoms with Crippen LogP contribution in [0.15, 0.2) is 46.7 Å². The van der Waals surface area contributed by atoms with E-state index in [4.69, 9.17) is 5.14 Å². The van der Waals surface area contributed by atoms with E-state index in [1.807, 2.05) is 30.3 Å². The molecule has 0 aliphatic heterocycles. The monoisotopic (exact) mass is 410 g/mol. The highest BCUT2D eigenvalue weighted by Gasteiger charge is 2.12. The molecule has 1 aromatic heterocycles. The number of thiophene rings is 1. The highest BCUT2D eigenvalue weighted by Crippen LogP contribution is 2.19. The van der Waals surface area contributed by atoms with Gasteiger partial charge in [0, 0.05) is 31.4 Å². The van der Waals surface area contributed by atoms with Crippen LogP contribution in [0.1, 0.15) is 16.9 Å². The predicted octanol–water partition coefficient (Wildman–Crippen LogP) is 1.24. The lowest BCUT2D eigenvalue weighted by Crippen LogP contribution is -2.38. The summed E-state index contributed by atoms with van der Waals surface area (Å²) in [6.45, 7) is 0.890. The summed E-state index contributed by atoms with van der Waals surface area (Å²) >= 11 is 1.01. The van der Waals surface area contributed by atoms with Crippen LogP contribution in [0.4, 0.5) is 4.79 Å². The fourth-order valence-corrected chi connectivity index (χ4v) is 3.95. The molecular formula is C17H22N4O4S2. The molecule has 0 atom stereocenters. The van der Waals surface area contributed by atoms with Gasteiger partial charge in [0.2, 0.25) is 15.9 Å². The number of carbonyl (C=O) groups is 2. The van der Waals surface area contributed by atoms with Crippen molar-refractivity contribution in [2.24, 2.45) is 5.14 Å². The Kier molecular flexibility index (Phi) is 7.34. The number of hydrogen-bond donors (Lipinski definition) is 3. The molecule has 0 saturated heterocycles. The molecule has 2 rings (SSSR count). The van der Waals surface area contributed by atoms with E-state index in [9.17, 15) is 18.0 Å². The van der Waals surface area contributed by atoms with Crippen LogP contribution in [0.5, 0.6) is 0 Å². The fourth-order valence-electron chi connectivity index (χ4n) is 2.23. The summed E-state index contributed by atoms with van der Waals surface area (Å²) in [4.78, 5) is 26.1. The first-order valence-electron chi connectivity index (χ1n) is 8.17. The fraction of sp³-hybridized carbons (Fsp3) is 0.294. The van der Waals surface area contributed by atoms with Crippen LogP contribution in [0.25, 0.3) is 0 Å². The van der Waals surface area contributed by atoms with E-state index in [-0.39, 0.29) is 35.7 Å². The van der Waals surface area contributed by atoms with Crippen molar-refractivity contribution in [1.82, 2.24) is 15.5 Å². The molecule has 4 N–H and O–H groups in total. The van der Waals surface area contributed by atoms with E-state index in [1.165, 1.54) is 11.0 Å². The number of nitrogens with two attached hydrogens (primary N) is 1. The van der Waals surface area contributed by atoms with E-state index < -0.39 is 10.0 Å². The normalized spacial score (nSPS) is 11.0. The maximum atomic E-state index is 12.0. The predicted molar refractivity (Wildman–Crippen MR) is 103 cm³/mol. The highest BCUT2D eigenvalue weighted by molar-refractivity contribution is 7.91. The molecule has 27 heavy (non-hydrogen) atoms. The van der Waals surface area contributed by atoms with Gasteiger partial charge in [-0.3, -0.25) is 4.79 Å². The zero-order valence-electron chi connectivity index (χ0n) is 14.8. The lowest BCUT2D eigenvalue weighted by molar-refractivity contribution is -0.121. The molecule has 0 bridgehead atoms. The Balaban J connectivity index is 1.68. The second-order valence-corrected chi connectivity index (χ2v) is 8.82. The van der Waals surface area contributed by atoms with E-state index in [0.717, 1.165) is 16.9 Å². The van der Waals surface area contributed by atoms with Gasteiger partial charge in [0.15, 0.2) is 0 Å². The molecule has 0 saturated carbocycles.